The third-order valence-electron chi connectivity index (χ3n) is 4.17. The van der Waals surface area contributed by atoms with Gasteiger partial charge in [-0.25, -0.2) is 9.97 Å². The molecule has 9 nitrogen and oxygen atoms in total. The van der Waals surface area contributed by atoms with Gasteiger partial charge in [-0.2, -0.15) is 10.2 Å². The molecular weight excluding hydrogens is 404 g/mol. The summed E-state index contributed by atoms with van der Waals surface area (Å²) in [5, 5.41) is 17.5. The molecule has 0 saturated carbocycles. The first-order valence-electron chi connectivity index (χ1n) is 9.00. The number of aromatic nitrogens is 6. The predicted molar refractivity (Wildman–Crippen MR) is 113 cm³/mol. The summed E-state index contributed by atoms with van der Waals surface area (Å²) in [5.41, 5.74) is 4.03. The highest BCUT2D eigenvalue weighted by Crippen LogP contribution is 2.20. The summed E-state index contributed by atoms with van der Waals surface area (Å²) >= 11 is 5.77. The van der Waals surface area contributed by atoms with Crippen molar-refractivity contribution in [2.45, 2.75) is 6.42 Å². The molecular formula is C20H17ClN8O. The van der Waals surface area contributed by atoms with Crippen LogP contribution in [0.3, 0.4) is 0 Å². The number of rotatable bonds is 6. The topological polar surface area (TPSA) is 111 Å². The van der Waals surface area contributed by atoms with Crippen LogP contribution in [0.5, 0.6) is 0 Å². The van der Waals surface area contributed by atoms with Crippen molar-refractivity contribution in [2.75, 3.05) is 10.6 Å². The van der Waals surface area contributed by atoms with Gasteiger partial charge in [-0.3, -0.25) is 9.48 Å². The zero-order valence-electron chi connectivity index (χ0n) is 16.0. The maximum Gasteiger partial charge on any atom is 0.228 e. The van der Waals surface area contributed by atoms with Gasteiger partial charge < -0.3 is 10.6 Å². The van der Waals surface area contributed by atoms with E-state index in [4.69, 9.17) is 11.6 Å². The fourth-order valence-corrected chi connectivity index (χ4v) is 2.93. The summed E-state index contributed by atoms with van der Waals surface area (Å²) < 4.78 is 1.70. The lowest BCUT2D eigenvalue weighted by molar-refractivity contribution is -0.115. The Balaban J connectivity index is 1.37. The number of benzene rings is 1. The quantitative estimate of drug-likeness (QED) is 0.492. The Morgan fingerprint density at radius 2 is 1.80 bits per heavy atom. The van der Waals surface area contributed by atoms with Crippen LogP contribution in [0.1, 0.15) is 5.56 Å². The van der Waals surface area contributed by atoms with E-state index in [0.717, 1.165) is 22.4 Å². The monoisotopic (exact) mass is 420 g/mol. The molecule has 0 bridgehead atoms. The average Bonchev–Trinajstić information content (AvgIpc) is 3.14. The molecule has 2 N–H and O–H groups in total. The van der Waals surface area contributed by atoms with Crippen molar-refractivity contribution in [3.8, 4) is 11.1 Å². The molecule has 3 heterocycles. The molecule has 0 unspecified atom stereocenters. The van der Waals surface area contributed by atoms with E-state index in [9.17, 15) is 4.79 Å². The van der Waals surface area contributed by atoms with Crippen molar-refractivity contribution in [3.63, 3.8) is 0 Å². The lowest BCUT2D eigenvalue weighted by Gasteiger charge is -2.07. The minimum atomic E-state index is -0.166. The second-order valence-electron chi connectivity index (χ2n) is 6.51. The molecule has 1 aromatic carbocycles. The van der Waals surface area contributed by atoms with Crippen LogP contribution in [-0.2, 0) is 18.3 Å². The zero-order valence-corrected chi connectivity index (χ0v) is 16.7. The van der Waals surface area contributed by atoms with Gasteiger partial charge in [0.15, 0.2) is 5.15 Å². The smallest absolute Gasteiger partial charge is 0.228 e. The molecule has 0 radical (unpaired) electrons. The fourth-order valence-electron chi connectivity index (χ4n) is 2.77. The number of nitrogens with one attached hydrogen (secondary N) is 2. The molecule has 10 heteroatoms. The molecule has 4 rings (SSSR count). The Kier molecular flexibility index (Phi) is 5.62. The molecule has 4 aromatic rings. The van der Waals surface area contributed by atoms with Gasteiger partial charge in [0.1, 0.15) is 0 Å². The predicted octanol–water partition coefficient (Wildman–Crippen LogP) is 3.25. The second kappa shape index (κ2) is 8.66. The molecule has 0 fully saturated rings. The van der Waals surface area contributed by atoms with Gasteiger partial charge in [-0.05, 0) is 11.1 Å². The normalized spacial score (nSPS) is 10.6. The van der Waals surface area contributed by atoms with E-state index >= 15 is 0 Å². The molecule has 0 aliphatic heterocycles. The first kappa shape index (κ1) is 19.5. The molecule has 30 heavy (non-hydrogen) atoms. The first-order chi connectivity index (χ1) is 14.5. The van der Waals surface area contributed by atoms with Crippen molar-refractivity contribution < 1.29 is 4.79 Å². The summed E-state index contributed by atoms with van der Waals surface area (Å²) in [6.45, 7) is 0. The number of aryl methyl sites for hydroxylation is 1. The van der Waals surface area contributed by atoms with E-state index in [-0.39, 0.29) is 17.5 Å². The molecule has 0 aliphatic carbocycles. The number of hydrogen-bond donors (Lipinski definition) is 2. The summed E-state index contributed by atoms with van der Waals surface area (Å²) in [6, 6.07) is 9.20. The fraction of sp³-hybridized carbons (Fsp3) is 0.100. The Hall–Kier alpha value is -3.85. The third kappa shape index (κ3) is 4.95. The van der Waals surface area contributed by atoms with Crippen LogP contribution >= 0.6 is 11.6 Å². The van der Waals surface area contributed by atoms with Gasteiger partial charge in [0.25, 0.3) is 0 Å². The molecule has 0 aliphatic rings. The molecule has 150 valence electrons. The number of amides is 1. The third-order valence-corrected chi connectivity index (χ3v) is 4.36. The molecule has 1 amide bonds. The van der Waals surface area contributed by atoms with Gasteiger partial charge >= 0.3 is 0 Å². The highest BCUT2D eigenvalue weighted by atomic mass is 35.5. The lowest BCUT2D eigenvalue weighted by Crippen LogP contribution is -2.14. The molecule has 0 spiro atoms. The van der Waals surface area contributed by atoms with Crippen molar-refractivity contribution in [1.82, 2.24) is 29.9 Å². The minimum Gasteiger partial charge on any atom is -0.324 e. The highest BCUT2D eigenvalue weighted by molar-refractivity contribution is 6.29. The van der Waals surface area contributed by atoms with Gasteiger partial charge in [-0.15, -0.1) is 5.10 Å². The molecule has 3 aromatic heterocycles. The summed E-state index contributed by atoms with van der Waals surface area (Å²) in [4.78, 5) is 20.9. The van der Waals surface area contributed by atoms with Crippen molar-refractivity contribution >= 4 is 34.8 Å². The SMILES string of the molecule is Cn1cc(Nc2ncc(-c3ccc(CC(=O)Nc4cnnc(Cl)c4)cc3)cn2)cn1. The average molecular weight is 421 g/mol. The number of hydrogen-bond acceptors (Lipinski definition) is 7. The number of anilines is 3. The van der Waals surface area contributed by atoms with E-state index < -0.39 is 0 Å². The van der Waals surface area contributed by atoms with Crippen LogP contribution in [-0.4, -0.2) is 35.9 Å². The number of carbonyl (C=O) groups is 1. The van der Waals surface area contributed by atoms with E-state index in [1.165, 1.54) is 6.20 Å². The van der Waals surface area contributed by atoms with Gasteiger partial charge in [0, 0.05) is 37.3 Å². The lowest BCUT2D eigenvalue weighted by atomic mass is 10.1. The summed E-state index contributed by atoms with van der Waals surface area (Å²) in [6.07, 6.45) is 8.70. The van der Waals surface area contributed by atoms with Crippen LogP contribution in [0.15, 0.2) is 61.3 Å². The Labute approximate surface area is 177 Å². The number of halogens is 1. The van der Waals surface area contributed by atoms with E-state index in [0.29, 0.717) is 11.6 Å². The number of nitrogens with zero attached hydrogens (tertiary/aromatic N) is 6. The van der Waals surface area contributed by atoms with Crippen LogP contribution in [0.2, 0.25) is 5.15 Å². The maximum absolute atomic E-state index is 12.2. The van der Waals surface area contributed by atoms with Crippen LogP contribution in [0.4, 0.5) is 17.3 Å². The summed E-state index contributed by atoms with van der Waals surface area (Å²) in [5.74, 6) is 0.326. The summed E-state index contributed by atoms with van der Waals surface area (Å²) in [7, 11) is 1.84. The Morgan fingerprint density at radius 1 is 1.03 bits per heavy atom. The van der Waals surface area contributed by atoms with E-state index in [1.54, 1.807) is 29.3 Å². The van der Waals surface area contributed by atoms with Crippen molar-refractivity contribution in [1.29, 1.82) is 0 Å². The van der Waals surface area contributed by atoms with Gasteiger partial charge in [0.05, 0.1) is 30.2 Å². The standard InChI is InChI=1S/C20H17ClN8O/c1-29-12-17(11-25-29)27-20-22-8-15(9-23-20)14-4-2-13(3-5-14)6-19(30)26-16-7-18(21)28-24-10-16/h2-5,7-12H,6H2,1H3,(H,22,23,27)(H,26,28,30). The second-order valence-corrected chi connectivity index (χ2v) is 6.90. The number of carbonyl (C=O) groups excluding carboxylic acids is 1. The molecule has 0 saturated heterocycles. The van der Waals surface area contributed by atoms with Crippen LogP contribution in [0, 0.1) is 0 Å². The maximum atomic E-state index is 12.2. The minimum absolute atomic E-state index is 0.166. The van der Waals surface area contributed by atoms with Gasteiger partial charge in [0.2, 0.25) is 11.9 Å². The van der Waals surface area contributed by atoms with Crippen LogP contribution < -0.4 is 10.6 Å². The first-order valence-corrected chi connectivity index (χ1v) is 9.38. The van der Waals surface area contributed by atoms with Gasteiger partial charge in [-0.1, -0.05) is 35.9 Å². The Morgan fingerprint density at radius 3 is 2.47 bits per heavy atom. The van der Waals surface area contributed by atoms with Crippen molar-refractivity contribution in [3.05, 3.63) is 72.0 Å². The van der Waals surface area contributed by atoms with E-state index in [1.807, 2.05) is 37.5 Å². The Bertz CT molecular complexity index is 1160. The van der Waals surface area contributed by atoms with Crippen molar-refractivity contribution in [2.24, 2.45) is 7.05 Å². The highest BCUT2D eigenvalue weighted by Gasteiger charge is 2.07. The van der Waals surface area contributed by atoms with Crippen LogP contribution in [0.25, 0.3) is 11.1 Å². The molecule has 0 atom stereocenters. The zero-order chi connectivity index (χ0) is 20.9. The van der Waals surface area contributed by atoms with E-state index in [2.05, 4.69) is 35.9 Å². The largest absolute Gasteiger partial charge is 0.324 e.